The molecule has 0 bridgehead atoms. The maximum Gasteiger partial charge on any atom is 0.257 e. The zero-order valence-corrected chi connectivity index (χ0v) is 54.0. The molecule has 5 aliphatic heterocycles. The lowest BCUT2D eigenvalue weighted by atomic mass is 9.92. The highest BCUT2D eigenvalue weighted by Gasteiger charge is 2.35. The number of anilines is 1. The summed E-state index contributed by atoms with van der Waals surface area (Å²) in [5.41, 5.74) is 6.49. The van der Waals surface area contributed by atoms with Crippen LogP contribution in [0.2, 0.25) is 0 Å². The predicted octanol–water partition coefficient (Wildman–Crippen LogP) is 7.86. The first-order chi connectivity index (χ1) is 44.5. The van der Waals surface area contributed by atoms with Gasteiger partial charge < -0.3 is 34.6 Å². The summed E-state index contributed by atoms with van der Waals surface area (Å²) in [7, 11) is -3.09. The molecule has 4 N–H and O–H groups in total. The molecule has 10 rings (SSSR count). The number of fused-ring (bicyclic) bond motifs is 4. The molecule has 0 radical (unpaired) electrons. The number of hydrogen-bond donors (Lipinski definition) is 4. The summed E-state index contributed by atoms with van der Waals surface area (Å²) >= 11 is 0. The van der Waals surface area contributed by atoms with Gasteiger partial charge in [0.2, 0.25) is 31.9 Å². The number of carbonyl (C=O) groups excluding carboxylic acids is 7. The van der Waals surface area contributed by atoms with Gasteiger partial charge in [0, 0.05) is 80.8 Å². The number of aliphatic imine (C=N–C) groups is 2. The van der Waals surface area contributed by atoms with E-state index in [1.54, 1.807) is 108 Å². The molecule has 23 nitrogen and oxygen atoms in total. The highest BCUT2D eigenvalue weighted by atomic mass is 32.2. The zero-order chi connectivity index (χ0) is 66.3. The first-order valence-corrected chi connectivity index (χ1v) is 33.6. The van der Waals surface area contributed by atoms with Crippen molar-refractivity contribution >= 4 is 102 Å². The number of nitrogens with one attached hydrogen (secondary N) is 4. The fourth-order valence-corrected chi connectivity index (χ4v) is 13.1. The smallest absolute Gasteiger partial charge is 0.257 e. The van der Waals surface area contributed by atoms with Crippen LogP contribution < -0.4 is 34.3 Å². The molecule has 6 amide bonds. The number of ketones is 1. The molecule has 25 heteroatoms. The Kier molecular flexibility index (Phi) is 20.5. The number of nitrogens with zero attached hydrogens (tertiary/aromatic N) is 5. The van der Waals surface area contributed by atoms with Crippen molar-refractivity contribution in [3.05, 3.63) is 155 Å². The number of sulfonamides is 2. The second kappa shape index (κ2) is 28.6. The van der Waals surface area contributed by atoms with E-state index in [0.29, 0.717) is 83.7 Å². The van der Waals surface area contributed by atoms with Crippen LogP contribution >= 0.6 is 0 Å². The molecule has 0 fully saturated rings. The molecule has 5 aromatic carbocycles. The van der Waals surface area contributed by atoms with Crippen LogP contribution in [0.25, 0.3) is 11.1 Å². The summed E-state index contributed by atoms with van der Waals surface area (Å²) < 4.78 is 72.8. The molecule has 0 aliphatic carbocycles. The first kappa shape index (κ1) is 66.5. The number of hydrogen-bond acceptors (Lipinski definition) is 16. The number of amides is 6. The van der Waals surface area contributed by atoms with Crippen molar-refractivity contribution in [2.45, 2.75) is 107 Å². The second-order valence-corrected chi connectivity index (χ2v) is 27.3. The third kappa shape index (κ3) is 15.4. The first-order valence-electron chi connectivity index (χ1n) is 30.6. The van der Waals surface area contributed by atoms with Crippen LogP contribution in [0.4, 0.5) is 17.1 Å². The maximum atomic E-state index is 14.3. The number of methoxy groups -OCH3 is 1. The Bertz CT molecular complexity index is 4160. The van der Waals surface area contributed by atoms with E-state index < -0.39 is 44.0 Å². The molecule has 0 aromatic heterocycles. The van der Waals surface area contributed by atoms with Crippen LogP contribution in [0.15, 0.2) is 141 Å². The molecule has 5 aliphatic rings. The molecular weight excluding hydrogens is 1230 g/mol. The average Bonchev–Trinajstić information content (AvgIpc) is 1.76. The minimum Gasteiger partial charge on any atom is -0.493 e. The molecule has 486 valence electrons. The SMILES string of the molecule is CNS(=O)(=O)c1ccc(C2=CCN3C(=O)c4ccc(OCc5cc(COc6cc7c(cc6OC)C(=O)N6CC=C(c8ccc(S(=O)(=O)NC)cc8)C[C@H]6C=N7)cc(NC(=O)[C@H](C)CC(=O)[C@@H](NC(=O)CCCCCN6C(=O)C=CC6=O)C(C)C)c5)cc4N=C[C@@H]3C2)cc1. The molecule has 0 saturated carbocycles. The standard InChI is InChI=1S/C68H73N9O14S2/c1-41(2)65(74-62(79)10-8-7-9-25-77-63(80)21-22-64(77)81)59(78)28-42(3)66(82)73-49-30-43(39-90-52-15-20-55-57(34-52)71-37-50-32-47(23-26-75(50)67(55)83)45-11-16-53(17-12-45)92(85,86)69-4)29-44(31-49)40-91-61-36-58-56(35-60(61)89-6)68(84)76-27-24-48(33-51(76)38-72-58)46-13-18-54(19-14-46)93(87,88)70-5/h11-24,29-31,34-38,41-42,50-51,65,69-70H,7-10,25-28,32-33,39-40H2,1-6H3,(H,73,82)(H,74,79)/t42-,50+,51+,65+/m1/s1. The lowest BCUT2D eigenvalue weighted by Gasteiger charge is -2.32. The number of benzene rings is 5. The van der Waals surface area contributed by atoms with Gasteiger partial charge in [0.1, 0.15) is 19.0 Å². The minimum absolute atomic E-state index is 0.0283. The van der Waals surface area contributed by atoms with Crippen molar-refractivity contribution in [2.24, 2.45) is 21.8 Å². The van der Waals surface area contributed by atoms with Gasteiger partial charge in [0.05, 0.1) is 57.5 Å². The van der Waals surface area contributed by atoms with Crippen LogP contribution in [-0.4, -0.2) is 144 Å². The summed E-state index contributed by atoms with van der Waals surface area (Å²) in [6.45, 7) is 5.97. The summed E-state index contributed by atoms with van der Waals surface area (Å²) in [6.07, 6.45) is 12.2. The number of rotatable bonds is 26. The predicted molar refractivity (Wildman–Crippen MR) is 350 cm³/mol. The van der Waals surface area contributed by atoms with Crippen molar-refractivity contribution < 1.29 is 64.6 Å². The van der Waals surface area contributed by atoms with Crippen LogP contribution in [0.5, 0.6) is 17.2 Å². The third-order valence-electron chi connectivity index (χ3n) is 16.9. The van der Waals surface area contributed by atoms with E-state index >= 15 is 0 Å². The number of Topliss-reactive ketones (excluding diaryl/α,β-unsaturated/α-hetero) is 1. The second-order valence-electron chi connectivity index (χ2n) is 23.6. The van der Waals surface area contributed by atoms with Gasteiger partial charge in [-0.1, -0.05) is 63.6 Å². The zero-order valence-electron chi connectivity index (χ0n) is 52.3. The summed E-state index contributed by atoms with van der Waals surface area (Å²) in [6, 6.07) is 25.0. The van der Waals surface area contributed by atoms with Crippen molar-refractivity contribution in [3.8, 4) is 17.2 Å². The van der Waals surface area contributed by atoms with E-state index in [9.17, 15) is 50.4 Å². The van der Waals surface area contributed by atoms with E-state index in [0.717, 1.165) is 27.2 Å². The molecule has 0 spiro atoms. The monoisotopic (exact) mass is 1300 g/mol. The molecule has 5 heterocycles. The number of ether oxygens (including phenoxy) is 3. The lowest BCUT2D eigenvalue weighted by molar-refractivity contribution is -0.137. The molecular formula is C68H73N9O14S2. The van der Waals surface area contributed by atoms with Crippen LogP contribution in [0.1, 0.15) is 109 Å². The molecule has 0 unspecified atom stereocenters. The summed E-state index contributed by atoms with van der Waals surface area (Å²) in [5, 5.41) is 5.83. The van der Waals surface area contributed by atoms with Crippen molar-refractivity contribution in [1.82, 2.24) is 29.5 Å². The van der Waals surface area contributed by atoms with E-state index in [1.165, 1.54) is 45.5 Å². The molecule has 93 heavy (non-hydrogen) atoms. The highest BCUT2D eigenvalue weighted by molar-refractivity contribution is 7.89. The van der Waals surface area contributed by atoms with E-state index in [-0.39, 0.29) is 108 Å². The Morgan fingerprint density at radius 1 is 0.634 bits per heavy atom. The largest absolute Gasteiger partial charge is 0.493 e. The van der Waals surface area contributed by atoms with Gasteiger partial charge in [-0.25, -0.2) is 26.3 Å². The molecule has 4 atom stereocenters. The average molecular weight is 1300 g/mol. The molecule has 0 saturated heterocycles. The Morgan fingerprint density at radius 2 is 1.18 bits per heavy atom. The van der Waals surface area contributed by atoms with Crippen LogP contribution in [0, 0.1) is 11.8 Å². The Morgan fingerprint density at radius 3 is 1.73 bits per heavy atom. The van der Waals surface area contributed by atoms with Gasteiger partial charge in [0.25, 0.3) is 23.6 Å². The minimum atomic E-state index is -3.63. The fraction of sp³-hybridized carbons (Fsp3) is 0.338. The topological polar surface area (TPSA) is 298 Å². The van der Waals surface area contributed by atoms with Crippen molar-refractivity contribution in [3.63, 3.8) is 0 Å². The van der Waals surface area contributed by atoms with Gasteiger partial charge in [-0.15, -0.1) is 0 Å². The van der Waals surface area contributed by atoms with Gasteiger partial charge in [0.15, 0.2) is 17.3 Å². The lowest BCUT2D eigenvalue weighted by Crippen LogP contribution is -2.45. The third-order valence-corrected chi connectivity index (χ3v) is 19.8. The number of carbonyl (C=O) groups is 7. The number of imide groups is 1. The summed E-state index contributed by atoms with van der Waals surface area (Å²) in [4.78, 5) is 108. The summed E-state index contributed by atoms with van der Waals surface area (Å²) in [5.74, 6) is -2.52. The van der Waals surface area contributed by atoms with E-state index in [1.807, 2.05) is 32.1 Å². The van der Waals surface area contributed by atoms with Crippen LogP contribution in [0.3, 0.4) is 0 Å². The fourth-order valence-electron chi connectivity index (χ4n) is 11.7. The quantitative estimate of drug-likeness (QED) is 0.0303. The maximum absolute atomic E-state index is 14.3. The Hall–Kier alpha value is -9.43. The Balaban J connectivity index is 0.839. The number of unbranched alkanes of at least 4 members (excludes halogenated alkanes) is 2. The van der Waals surface area contributed by atoms with E-state index in [4.69, 9.17) is 24.2 Å². The van der Waals surface area contributed by atoms with Gasteiger partial charge in [-0.05, 0) is 140 Å². The van der Waals surface area contributed by atoms with Gasteiger partial charge in [-0.3, -0.25) is 48.4 Å². The normalized spacial score (nSPS) is 17.5. The van der Waals surface area contributed by atoms with E-state index in [2.05, 4.69) is 20.1 Å². The highest BCUT2D eigenvalue weighted by Crippen LogP contribution is 2.40. The Labute approximate surface area is 540 Å². The van der Waals surface area contributed by atoms with Crippen molar-refractivity contribution in [1.29, 1.82) is 0 Å². The van der Waals surface area contributed by atoms with Crippen molar-refractivity contribution in [2.75, 3.05) is 46.2 Å². The van der Waals surface area contributed by atoms with Gasteiger partial charge in [-0.2, -0.15) is 0 Å². The molecule has 5 aromatic rings. The van der Waals surface area contributed by atoms with Gasteiger partial charge >= 0.3 is 0 Å². The van der Waals surface area contributed by atoms with Crippen LogP contribution in [-0.2, 0) is 57.2 Å².